The van der Waals surface area contributed by atoms with Crippen LogP contribution >= 0.6 is 0 Å². The van der Waals surface area contributed by atoms with E-state index in [0.29, 0.717) is 35.6 Å². The van der Waals surface area contributed by atoms with Crippen molar-refractivity contribution in [3.05, 3.63) is 70.5 Å². The van der Waals surface area contributed by atoms with Crippen LogP contribution in [0.3, 0.4) is 0 Å². The molecule has 1 aliphatic rings. The molecule has 1 N–H and O–H groups in total. The molecule has 1 amide bonds. The number of carbonyl (C=O) groups excluding carboxylic acids is 1. The van der Waals surface area contributed by atoms with Crippen LogP contribution in [0.15, 0.2) is 53.6 Å². The number of amides is 1. The van der Waals surface area contributed by atoms with E-state index in [2.05, 4.69) is 25.6 Å². The van der Waals surface area contributed by atoms with Crippen LogP contribution < -0.4 is 10.9 Å². The summed E-state index contributed by atoms with van der Waals surface area (Å²) in [5.41, 5.74) is 3.25. The van der Waals surface area contributed by atoms with Crippen molar-refractivity contribution in [2.24, 2.45) is 7.05 Å². The van der Waals surface area contributed by atoms with Crippen LogP contribution in [0.5, 0.6) is 0 Å². The molecule has 4 aromatic rings. The second-order valence-electron chi connectivity index (χ2n) is 6.96. The zero-order valence-corrected chi connectivity index (χ0v) is 15.6. The van der Waals surface area contributed by atoms with Gasteiger partial charge in [-0.3, -0.25) is 19.1 Å². The van der Waals surface area contributed by atoms with Crippen LogP contribution in [0.25, 0.3) is 22.3 Å². The second-order valence-corrected chi connectivity index (χ2v) is 6.96. The Bertz CT molecular complexity index is 1290. The Morgan fingerprint density at radius 2 is 2.00 bits per heavy atom. The van der Waals surface area contributed by atoms with E-state index in [0.717, 1.165) is 11.1 Å². The third-order valence-corrected chi connectivity index (χ3v) is 5.15. The molecular weight excluding hydrogens is 370 g/mol. The highest BCUT2D eigenvalue weighted by Gasteiger charge is 2.27. The van der Waals surface area contributed by atoms with E-state index in [1.807, 2.05) is 6.07 Å². The van der Waals surface area contributed by atoms with E-state index in [1.165, 1.54) is 6.07 Å². The van der Waals surface area contributed by atoms with Crippen molar-refractivity contribution in [1.29, 1.82) is 0 Å². The van der Waals surface area contributed by atoms with Crippen LogP contribution in [-0.4, -0.2) is 35.4 Å². The maximum absolute atomic E-state index is 12.8. The molecule has 1 aliphatic heterocycles. The monoisotopic (exact) mass is 387 g/mol. The summed E-state index contributed by atoms with van der Waals surface area (Å²) in [7, 11) is 1.80. The van der Waals surface area contributed by atoms with Gasteiger partial charge in [-0.2, -0.15) is 0 Å². The fourth-order valence-corrected chi connectivity index (χ4v) is 3.63. The van der Waals surface area contributed by atoms with Gasteiger partial charge in [0.25, 0.3) is 11.5 Å². The number of hydrogen-bond donors (Lipinski definition) is 1. The van der Waals surface area contributed by atoms with Crippen LogP contribution in [0.4, 0.5) is 0 Å². The number of carbonyl (C=O) groups is 1. The standard InChI is InChI=1S/C20H17N7O2/c1-26-17-3-2-13(10-16(17)24-25-26)20(29)23-14-6-9-27-18(28)11-15(22-19(14)27)12-4-7-21-8-5-12/h2-5,7-8,10-11,14H,6,9H2,1H3,(H,23,29). The summed E-state index contributed by atoms with van der Waals surface area (Å²) in [5.74, 6) is 0.331. The molecule has 0 aliphatic carbocycles. The lowest BCUT2D eigenvalue weighted by molar-refractivity contribution is 0.0936. The van der Waals surface area contributed by atoms with Gasteiger partial charge in [0, 0.05) is 43.2 Å². The Morgan fingerprint density at radius 3 is 2.83 bits per heavy atom. The van der Waals surface area contributed by atoms with Crippen molar-refractivity contribution in [1.82, 2.24) is 34.8 Å². The van der Waals surface area contributed by atoms with Crippen LogP contribution in [-0.2, 0) is 13.6 Å². The molecule has 144 valence electrons. The number of fused-ring (bicyclic) bond motifs is 2. The molecule has 5 rings (SSSR count). The number of pyridine rings is 1. The van der Waals surface area contributed by atoms with Crippen molar-refractivity contribution in [2.45, 2.75) is 19.0 Å². The van der Waals surface area contributed by atoms with E-state index in [4.69, 9.17) is 0 Å². The molecule has 1 atom stereocenters. The molecule has 9 heteroatoms. The number of nitrogens with one attached hydrogen (secondary N) is 1. The minimum Gasteiger partial charge on any atom is -0.342 e. The number of rotatable bonds is 3. The summed E-state index contributed by atoms with van der Waals surface area (Å²) in [6.07, 6.45) is 3.93. The average Bonchev–Trinajstić information content (AvgIpc) is 3.32. The fraction of sp³-hybridized carbons (Fsp3) is 0.200. The molecule has 3 aromatic heterocycles. The zero-order valence-electron chi connectivity index (χ0n) is 15.6. The molecule has 0 fully saturated rings. The minimum atomic E-state index is -0.338. The highest BCUT2D eigenvalue weighted by Crippen LogP contribution is 2.25. The van der Waals surface area contributed by atoms with E-state index in [9.17, 15) is 9.59 Å². The average molecular weight is 387 g/mol. The van der Waals surface area contributed by atoms with Gasteiger partial charge in [0.15, 0.2) is 0 Å². The van der Waals surface area contributed by atoms with Crippen molar-refractivity contribution < 1.29 is 4.79 Å². The van der Waals surface area contributed by atoms with Crippen LogP contribution in [0.2, 0.25) is 0 Å². The van der Waals surface area contributed by atoms with Crippen molar-refractivity contribution in [3.63, 3.8) is 0 Å². The van der Waals surface area contributed by atoms with Gasteiger partial charge < -0.3 is 5.32 Å². The zero-order chi connectivity index (χ0) is 20.0. The molecule has 9 nitrogen and oxygen atoms in total. The van der Waals surface area contributed by atoms with Crippen LogP contribution in [0, 0.1) is 0 Å². The van der Waals surface area contributed by atoms with Gasteiger partial charge in [-0.05, 0) is 36.8 Å². The Hall–Kier alpha value is -3.88. The molecule has 0 saturated heterocycles. The maximum Gasteiger partial charge on any atom is 0.254 e. The Labute approximate surface area is 165 Å². The van der Waals surface area contributed by atoms with Crippen molar-refractivity contribution >= 4 is 16.9 Å². The molecule has 0 saturated carbocycles. The molecule has 0 spiro atoms. The molecule has 4 heterocycles. The number of aryl methyl sites for hydroxylation is 1. The highest BCUT2D eigenvalue weighted by atomic mass is 16.2. The maximum atomic E-state index is 12.8. The van der Waals surface area contributed by atoms with E-state index < -0.39 is 0 Å². The number of benzene rings is 1. The molecule has 29 heavy (non-hydrogen) atoms. The Balaban J connectivity index is 1.45. The summed E-state index contributed by atoms with van der Waals surface area (Å²) >= 11 is 0. The lowest BCUT2D eigenvalue weighted by Gasteiger charge is -2.14. The molecule has 0 bridgehead atoms. The van der Waals surface area contributed by atoms with Gasteiger partial charge in [-0.25, -0.2) is 9.67 Å². The first-order chi connectivity index (χ1) is 14.1. The van der Waals surface area contributed by atoms with Crippen LogP contribution in [0.1, 0.15) is 28.6 Å². The third kappa shape index (κ3) is 2.96. The van der Waals surface area contributed by atoms with Gasteiger partial charge >= 0.3 is 0 Å². The van der Waals surface area contributed by atoms with Crippen molar-refractivity contribution in [3.8, 4) is 11.3 Å². The summed E-state index contributed by atoms with van der Waals surface area (Å²) in [6, 6.07) is 10.1. The predicted octanol–water partition coefficient (Wildman–Crippen LogP) is 1.46. The molecular formula is C20H17N7O2. The first-order valence-electron chi connectivity index (χ1n) is 9.22. The number of nitrogens with zero attached hydrogens (tertiary/aromatic N) is 6. The lowest BCUT2D eigenvalue weighted by atomic mass is 10.1. The highest BCUT2D eigenvalue weighted by molar-refractivity contribution is 5.97. The third-order valence-electron chi connectivity index (χ3n) is 5.15. The van der Waals surface area contributed by atoms with Crippen molar-refractivity contribution in [2.75, 3.05) is 0 Å². The minimum absolute atomic E-state index is 0.125. The van der Waals surface area contributed by atoms with Gasteiger partial charge in [0.05, 0.1) is 17.3 Å². The molecule has 1 unspecified atom stereocenters. The Morgan fingerprint density at radius 1 is 1.17 bits per heavy atom. The van der Waals surface area contributed by atoms with Gasteiger partial charge in [0.1, 0.15) is 11.3 Å². The summed E-state index contributed by atoms with van der Waals surface area (Å²) in [6.45, 7) is 0.520. The summed E-state index contributed by atoms with van der Waals surface area (Å²) < 4.78 is 3.27. The van der Waals surface area contributed by atoms with E-state index in [1.54, 1.807) is 53.0 Å². The predicted molar refractivity (Wildman–Crippen MR) is 105 cm³/mol. The second kappa shape index (κ2) is 6.62. The van der Waals surface area contributed by atoms with Gasteiger partial charge in [-0.15, -0.1) is 5.10 Å². The number of hydrogen-bond acceptors (Lipinski definition) is 6. The largest absolute Gasteiger partial charge is 0.342 e. The first-order valence-corrected chi connectivity index (χ1v) is 9.22. The summed E-state index contributed by atoms with van der Waals surface area (Å²) in [4.78, 5) is 34.0. The normalized spacial score (nSPS) is 15.4. The summed E-state index contributed by atoms with van der Waals surface area (Å²) in [5, 5.41) is 11.0. The Kier molecular flexibility index (Phi) is 3.94. The molecule has 1 aromatic carbocycles. The van der Waals surface area contributed by atoms with Gasteiger partial charge in [0.2, 0.25) is 0 Å². The molecule has 0 radical (unpaired) electrons. The number of aromatic nitrogens is 6. The smallest absolute Gasteiger partial charge is 0.254 e. The fourth-order valence-electron chi connectivity index (χ4n) is 3.63. The topological polar surface area (TPSA) is 108 Å². The first kappa shape index (κ1) is 17.2. The quantitative estimate of drug-likeness (QED) is 0.570. The van der Waals surface area contributed by atoms with E-state index in [-0.39, 0.29) is 17.5 Å². The lowest BCUT2D eigenvalue weighted by Crippen LogP contribution is -2.29. The van der Waals surface area contributed by atoms with Gasteiger partial charge in [-0.1, -0.05) is 5.21 Å². The SMILES string of the molecule is Cn1nnc2cc(C(=O)NC3CCn4c3nc(-c3ccncc3)cc4=O)ccc21. The van der Waals surface area contributed by atoms with E-state index >= 15 is 0 Å².